The Hall–Kier alpha value is -2.20. The molecule has 1 N–H and O–H groups in total. The first-order chi connectivity index (χ1) is 11.6. The number of carbonyl (C=O) groups is 1. The summed E-state index contributed by atoms with van der Waals surface area (Å²) < 4.78 is 5.53. The van der Waals surface area contributed by atoms with Crippen LogP contribution in [0.15, 0.2) is 42.5 Å². The number of nitrogens with zero attached hydrogens (tertiary/aromatic N) is 1. The first-order valence-corrected chi connectivity index (χ1v) is 8.54. The summed E-state index contributed by atoms with van der Waals surface area (Å²) in [4.78, 5) is 14.5. The van der Waals surface area contributed by atoms with Crippen LogP contribution in [0.25, 0.3) is 0 Å². The van der Waals surface area contributed by atoms with Gasteiger partial charge in [-0.1, -0.05) is 35.4 Å². The lowest BCUT2D eigenvalue weighted by atomic mass is 10.2. The smallest absolute Gasteiger partial charge is 0.262 e. The van der Waals surface area contributed by atoms with Crippen LogP contribution < -0.4 is 15.0 Å². The van der Waals surface area contributed by atoms with Gasteiger partial charge in [0, 0.05) is 13.1 Å². The van der Waals surface area contributed by atoms with E-state index in [0.29, 0.717) is 10.8 Å². The standard InChI is InChI=1S/C19H21ClN2O2/c1-14-7-9-15(10-8-14)24-13-18(23)21-17-6-4-5-16(20)19(17)22-11-2-3-12-22/h4-10H,2-3,11-13H2,1H3,(H,21,23). The van der Waals surface area contributed by atoms with Gasteiger partial charge >= 0.3 is 0 Å². The van der Waals surface area contributed by atoms with Gasteiger partial charge in [0.1, 0.15) is 5.75 Å². The number of hydrogen-bond donors (Lipinski definition) is 1. The molecule has 4 nitrogen and oxygen atoms in total. The van der Waals surface area contributed by atoms with Crippen molar-refractivity contribution < 1.29 is 9.53 Å². The lowest BCUT2D eigenvalue weighted by Crippen LogP contribution is -2.24. The number of nitrogens with one attached hydrogen (secondary N) is 1. The number of carbonyl (C=O) groups excluding carboxylic acids is 1. The van der Waals surface area contributed by atoms with Crippen molar-refractivity contribution in [2.24, 2.45) is 0 Å². The van der Waals surface area contributed by atoms with E-state index in [4.69, 9.17) is 16.3 Å². The van der Waals surface area contributed by atoms with Gasteiger partial charge in [0.15, 0.2) is 6.61 Å². The van der Waals surface area contributed by atoms with Gasteiger partial charge in [0.05, 0.1) is 16.4 Å². The number of ether oxygens (including phenoxy) is 1. The number of para-hydroxylation sites is 1. The second-order valence-corrected chi connectivity index (χ2v) is 6.39. The summed E-state index contributed by atoms with van der Waals surface area (Å²) in [5.74, 6) is 0.486. The van der Waals surface area contributed by atoms with Crippen LogP contribution in [0, 0.1) is 6.92 Å². The van der Waals surface area contributed by atoms with E-state index >= 15 is 0 Å². The first-order valence-electron chi connectivity index (χ1n) is 8.16. The lowest BCUT2D eigenvalue weighted by molar-refractivity contribution is -0.118. The van der Waals surface area contributed by atoms with Gasteiger partial charge in [-0.25, -0.2) is 0 Å². The molecule has 3 rings (SSSR count). The minimum Gasteiger partial charge on any atom is -0.484 e. The molecule has 0 saturated carbocycles. The molecular weight excluding hydrogens is 324 g/mol. The van der Waals surface area contributed by atoms with Crippen molar-refractivity contribution in [3.63, 3.8) is 0 Å². The zero-order valence-electron chi connectivity index (χ0n) is 13.7. The molecule has 0 atom stereocenters. The third kappa shape index (κ3) is 4.01. The molecule has 5 heteroatoms. The minimum atomic E-state index is -0.196. The molecule has 2 aromatic carbocycles. The van der Waals surface area contributed by atoms with Gasteiger partial charge in [0.25, 0.3) is 5.91 Å². The monoisotopic (exact) mass is 344 g/mol. The van der Waals surface area contributed by atoms with Crippen molar-refractivity contribution in [1.82, 2.24) is 0 Å². The molecule has 1 aliphatic heterocycles. The lowest BCUT2D eigenvalue weighted by Gasteiger charge is -2.23. The molecule has 1 aliphatic rings. The molecule has 0 bridgehead atoms. The Bertz CT molecular complexity index is 710. The molecule has 1 fully saturated rings. The number of benzene rings is 2. The summed E-state index contributed by atoms with van der Waals surface area (Å²) in [6.45, 7) is 3.91. The Morgan fingerprint density at radius 1 is 1.17 bits per heavy atom. The van der Waals surface area contributed by atoms with E-state index in [0.717, 1.165) is 42.9 Å². The third-order valence-corrected chi connectivity index (χ3v) is 4.38. The summed E-state index contributed by atoms with van der Waals surface area (Å²) in [5.41, 5.74) is 2.79. The Kier molecular flexibility index (Phi) is 5.26. The van der Waals surface area contributed by atoms with Crippen LogP contribution in [0.5, 0.6) is 5.75 Å². The summed E-state index contributed by atoms with van der Waals surface area (Å²) >= 11 is 6.36. The van der Waals surface area contributed by atoms with Crippen molar-refractivity contribution in [1.29, 1.82) is 0 Å². The molecule has 0 radical (unpaired) electrons. The fourth-order valence-electron chi connectivity index (χ4n) is 2.85. The second-order valence-electron chi connectivity index (χ2n) is 5.98. The van der Waals surface area contributed by atoms with E-state index in [1.54, 1.807) is 0 Å². The Labute approximate surface area is 147 Å². The van der Waals surface area contributed by atoms with E-state index in [1.807, 2.05) is 49.4 Å². The fourth-order valence-corrected chi connectivity index (χ4v) is 3.14. The van der Waals surface area contributed by atoms with Crippen molar-refractivity contribution in [3.8, 4) is 5.75 Å². The van der Waals surface area contributed by atoms with Crippen molar-refractivity contribution in [3.05, 3.63) is 53.1 Å². The molecule has 0 aromatic heterocycles. The highest BCUT2D eigenvalue weighted by atomic mass is 35.5. The van der Waals surface area contributed by atoms with Crippen molar-refractivity contribution >= 4 is 28.9 Å². The van der Waals surface area contributed by atoms with Crippen LogP contribution in [0.4, 0.5) is 11.4 Å². The highest BCUT2D eigenvalue weighted by Gasteiger charge is 2.19. The second kappa shape index (κ2) is 7.58. The number of halogens is 1. The summed E-state index contributed by atoms with van der Waals surface area (Å²) in [6, 6.07) is 13.2. The van der Waals surface area contributed by atoms with Crippen LogP contribution in [0.3, 0.4) is 0 Å². The van der Waals surface area contributed by atoms with Gasteiger partial charge in [0.2, 0.25) is 0 Å². The van der Waals surface area contributed by atoms with Gasteiger partial charge in [-0.3, -0.25) is 4.79 Å². The summed E-state index contributed by atoms with van der Waals surface area (Å²) in [5, 5.41) is 3.58. The first kappa shape index (κ1) is 16.7. The van der Waals surface area contributed by atoms with E-state index in [2.05, 4.69) is 10.2 Å². The SMILES string of the molecule is Cc1ccc(OCC(=O)Nc2cccc(Cl)c2N2CCCC2)cc1. The van der Waals surface area contributed by atoms with E-state index in [9.17, 15) is 4.79 Å². The normalized spacial score (nSPS) is 13.8. The van der Waals surface area contributed by atoms with Crippen LogP contribution >= 0.6 is 11.6 Å². The Morgan fingerprint density at radius 2 is 1.88 bits per heavy atom. The molecule has 0 unspecified atom stereocenters. The van der Waals surface area contributed by atoms with Crippen molar-refractivity contribution in [2.75, 3.05) is 29.9 Å². The van der Waals surface area contributed by atoms with Crippen LogP contribution in [-0.2, 0) is 4.79 Å². The van der Waals surface area contributed by atoms with Gasteiger partial charge in [-0.2, -0.15) is 0 Å². The summed E-state index contributed by atoms with van der Waals surface area (Å²) in [6.07, 6.45) is 2.30. The predicted molar refractivity (Wildman–Crippen MR) is 98.2 cm³/mol. The van der Waals surface area contributed by atoms with E-state index in [-0.39, 0.29) is 12.5 Å². The van der Waals surface area contributed by atoms with Crippen LogP contribution in [0.2, 0.25) is 5.02 Å². The minimum absolute atomic E-state index is 0.0327. The molecule has 0 aliphatic carbocycles. The van der Waals surface area contributed by atoms with Crippen LogP contribution in [-0.4, -0.2) is 25.6 Å². The maximum absolute atomic E-state index is 12.2. The molecule has 1 amide bonds. The number of amides is 1. The average Bonchev–Trinajstić information content (AvgIpc) is 3.08. The zero-order valence-corrected chi connectivity index (χ0v) is 14.5. The molecular formula is C19H21ClN2O2. The fraction of sp³-hybridized carbons (Fsp3) is 0.316. The number of hydrogen-bond acceptors (Lipinski definition) is 3. The van der Waals surface area contributed by atoms with E-state index in [1.165, 1.54) is 0 Å². The Morgan fingerprint density at radius 3 is 2.58 bits per heavy atom. The Balaban J connectivity index is 1.65. The molecule has 2 aromatic rings. The van der Waals surface area contributed by atoms with Gasteiger partial charge < -0.3 is 15.0 Å². The maximum atomic E-state index is 12.2. The molecule has 24 heavy (non-hydrogen) atoms. The number of aryl methyl sites for hydroxylation is 1. The topological polar surface area (TPSA) is 41.6 Å². The number of anilines is 2. The molecule has 0 spiro atoms. The maximum Gasteiger partial charge on any atom is 0.262 e. The zero-order chi connectivity index (χ0) is 16.9. The molecule has 1 saturated heterocycles. The molecule has 126 valence electrons. The van der Waals surface area contributed by atoms with Crippen LogP contribution in [0.1, 0.15) is 18.4 Å². The van der Waals surface area contributed by atoms with Gasteiger partial charge in [-0.15, -0.1) is 0 Å². The average molecular weight is 345 g/mol. The highest BCUT2D eigenvalue weighted by molar-refractivity contribution is 6.34. The quantitative estimate of drug-likeness (QED) is 0.880. The van der Waals surface area contributed by atoms with Crippen molar-refractivity contribution in [2.45, 2.75) is 19.8 Å². The largest absolute Gasteiger partial charge is 0.484 e. The van der Waals surface area contributed by atoms with E-state index < -0.39 is 0 Å². The van der Waals surface area contributed by atoms with Gasteiger partial charge in [-0.05, 0) is 44.0 Å². The third-order valence-electron chi connectivity index (χ3n) is 4.07. The highest BCUT2D eigenvalue weighted by Crippen LogP contribution is 2.35. The number of rotatable bonds is 5. The molecule has 1 heterocycles. The predicted octanol–water partition coefficient (Wildman–Crippen LogP) is 4.27. The summed E-state index contributed by atoms with van der Waals surface area (Å²) in [7, 11) is 0.